The second kappa shape index (κ2) is 4.72. The molecule has 0 aliphatic rings. The molecule has 0 aromatic heterocycles. The summed E-state index contributed by atoms with van der Waals surface area (Å²) in [7, 11) is -4.22. The number of amides is 1. The van der Waals surface area contributed by atoms with Gasteiger partial charge < -0.3 is 4.18 Å². The molecule has 1 amide bonds. The summed E-state index contributed by atoms with van der Waals surface area (Å²) >= 11 is 0. The molecule has 0 fully saturated rings. The molecule has 0 aliphatic heterocycles. The summed E-state index contributed by atoms with van der Waals surface area (Å²) in [5.41, 5.74) is 2.97. The zero-order valence-electron chi connectivity index (χ0n) is 9.64. The smallest absolute Gasteiger partial charge is 0.323 e. The van der Waals surface area contributed by atoms with Gasteiger partial charge in [-0.25, -0.2) is 10.3 Å². The van der Waals surface area contributed by atoms with E-state index in [1.54, 1.807) is 26.0 Å². The van der Waals surface area contributed by atoms with Crippen LogP contribution in [0.1, 0.15) is 16.7 Å². The fourth-order valence-corrected chi connectivity index (χ4v) is 2.95. The van der Waals surface area contributed by atoms with Crippen molar-refractivity contribution < 1.29 is 22.6 Å². The highest BCUT2D eigenvalue weighted by atomic mass is 32.2. The number of hydrogen-bond donors (Lipinski definition) is 2. The molecule has 0 atom stereocenters. The van der Waals surface area contributed by atoms with Gasteiger partial charge >= 0.3 is 16.2 Å². The van der Waals surface area contributed by atoms with E-state index >= 15 is 0 Å². The van der Waals surface area contributed by atoms with Gasteiger partial charge in [0, 0.05) is 0 Å². The van der Waals surface area contributed by atoms with Crippen LogP contribution in [-0.2, 0) is 14.3 Å². The van der Waals surface area contributed by atoms with Gasteiger partial charge in [-0.3, -0.25) is 5.21 Å². The molecule has 1 aromatic carbocycles. The van der Waals surface area contributed by atoms with Gasteiger partial charge in [-0.2, -0.15) is 8.42 Å². The maximum atomic E-state index is 11.8. The summed E-state index contributed by atoms with van der Waals surface area (Å²) in [5, 5.41) is 8.24. The molecule has 94 valence electrons. The third-order valence-corrected chi connectivity index (χ3v) is 3.65. The fourth-order valence-electron chi connectivity index (χ4n) is 1.72. The molecule has 0 saturated heterocycles. The van der Waals surface area contributed by atoms with Crippen LogP contribution in [0.15, 0.2) is 17.0 Å². The summed E-state index contributed by atoms with van der Waals surface area (Å²) in [5.74, 6) is 0. The third-order valence-electron chi connectivity index (χ3n) is 2.13. The van der Waals surface area contributed by atoms with E-state index in [0.29, 0.717) is 11.1 Å². The lowest BCUT2D eigenvalue weighted by Gasteiger charge is -2.11. The molecule has 7 heteroatoms. The molecule has 2 N–H and O–H groups in total. The van der Waals surface area contributed by atoms with Crippen LogP contribution in [0.4, 0.5) is 4.79 Å². The third kappa shape index (κ3) is 2.95. The molecule has 0 radical (unpaired) electrons. The first kappa shape index (κ1) is 13.5. The molecule has 1 rings (SSSR count). The Labute approximate surface area is 99.3 Å². The van der Waals surface area contributed by atoms with Crippen LogP contribution in [0.3, 0.4) is 0 Å². The molecule has 6 nitrogen and oxygen atoms in total. The number of carbonyl (C=O) groups excluding carboxylic acids is 1. The Morgan fingerprint density at radius 1 is 1.24 bits per heavy atom. The minimum Gasteiger partial charge on any atom is -0.323 e. The SMILES string of the molecule is Cc1cc(C)c(S(=O)(=O)OC(=O)NO)c(C)c1. The number of hydroxylamine groups is 1. The summed E-state index contributed by atoms with van der Waals surface area (Å²) in [6.45, 7) is 5.04. The van der Waals surface area contributed by atoms with E-state index in [2.05, 4.69) is 4.18 Å². The van der Waals surface area contributed by atoms with Crippen molar-refractivity contribution in [2.45, 2.75) is 25.7 Å². The lowest BCUT2D eigenvalue weighted by Crippen LogP contribution is -2.24. The van der Waals surface area contributed by atoms with Crippen LogP contribution in [0, 0.1) is 20.8 Å². The van der Waals surface area contributed by atoms with Gasteiger partial charge in [0.05, 0.1) is 0 Å². The molecule has 17 heavy (non-hydrogen) atoms. The molecule has 0 bridgehead atoms. The summed E-state index contributed by atoms with van der Waals surface area (Å²) in [6.07, 6.45) is -1.44. The van der Waals surface area contributed by atoms with Gasteiger partial charge in [-0.15, -0.1) is 0 Å². The van der Waals surface area contributed by atoms with E-state index in [4.69, 9.17) is 5.21 Å². The van der Waals surface area contributed by atoms with E-state index in [1.807, 2.05) is 6.92 Å². The maximum absolute atomic E-state index is 11.8. The zero-order chi connectivity index (χ0) is 13.2. The largest absolute Gasteiger partial charge is 0.447 e. The molecule has 0 saturated carbocycles. The average molecular weight is 259 g/mol. The van der Waals surface area contributed by atoms with E-state index in [0.717, 1.165) is 11.0 Å². The Morgan fingerprint density at radius 2 is 1.71 bits per heavy atom. The Hall–Kier alpha value is -1.60. The number of hydrogen-bond acceptors (Lipinski definition) is 5. The van der Waals surface area contributed by atoms with Crippen LogP contribution in [0.5, 0.6) is 0 Å². The lowest BCUT2D eigenvalue weighted by molar-refractivity contribution is 0.129. The van der Waals surface area contributed by atoms with E-state index in [1.165, 1.54) is 0 Å². The first-order valence-electron chi connectivity index (χ1n) is 4.74. The van der Waals surface area contributed by atoms with Gasteiger partial charge in [-0.1, -0.05) is 17.7 Å². The number of carbonyl (C=O) groups is 1. The highest BCUT2D eigenvalue weighted by Gasteiger charge is 2.24. The van der Waals surface area contributed by atoms with Crippen molar-refractivity contribution in [2.75, 3.05) is 0 Å². The first-order chi connectivity index (χ1) is 7.77. The van der Waals surface area contributed by atoms with Crippen molar-refractivity contribution in [1.29, 1.82) is 0 Å². The normalized spacial score (nSPS) is 11.1. The van der Waals surface area contributed by atoms with Gasteiger partial charge in [0.25, 0.3) is 0 Å². The van der Waals surface area contributed by atoms with E-state index in [-0.39, 0.29) is 4.90 Å². The quantitative estimate of drug-likeness (QED) is 0.476. The van der Waals surface area contributed by atoms with Crippen LogP contribution in [0.25, 0.3) is 0 Å². The molecule has 1 aromatic rings. The summed E-state index contributed by atoms with van der Waals surface area (Å²) in [4.78, 5) is 10.7. The van der Waals surface area contributed by atoms with E-state index < -0.39 is 16.2 Å². The summed E-state index contributed by atoms with van der Waals surface area (Å²) < 4.78 is 27.7. The highest BCUT2D eigenvalue weighted by Crippen LogP contribution is 2.23. The van der Waals surface area contributed by atoms with Crippen LogP contribution in [0.2, 0.25) is 0 Å². The topological polar surface area (TPSA) is 92.7 Å². The van der Waals surface area contributed by atoms with Gasteiger partial charge in [0.1, 0.15) is 4.90 Å². The minimum atomic E-state index is -4.22. The number of nitrogens with one attached hydrogen (secondary N) is 1. The van der Waals surface area contributed by atoms with E-state index in [9.17, 15) is 13.2 Å². The molecule has 0 heterocycles. The maximum Gasteiger partial charge on any atom is 0.447 e. The molecule has 0 spiro atoms. The average Bonchev–Trinajstić information content (AvgIpc) is 2.14. The number of benzene rings is 1. The van der Waals surface area contributed by atoms with Crippen molar-refractivity contribution in [1.82, 2.24) is 5.48 Å². The van der Waals surface area contributed by atoms with Gasteiger partial charge in [0.2, 0.25) is 0 Å². The van der Waals surface area contributed by atoms with Crippen LogP contribution in [-0.4, -0.2) is 19.7 Å². The second-order valence-corrected chi connectivity index (χ2v) is 5.15. The van der Waals surface area contributed by atoms with Crippen molar-refractivity contribution in [2.24, 2.45) is 0 Å². The number of rotatable bonds is 2. The Bertz CT molecular complexity index is 527. The van der Waals surface area contributed by atoms with Gasteiger partial charge in [-0.05, 0) is 31.9 Å². The summed E-state index contributed by atoms with van der Waals surface area (Å²) in [6, 6.07) is 3.33. The molecule has 0 aliphatic carbocycles. The Morgan fingerprint density at radius 3 is 2.12 bits per heavy atom. The van der Waals surface area contributed by atoms with Gasteiger partial charge in [0.15, 0.2) is 0 Å². The van der Waals surface area contributed by atoms with Crippen molar-refractivity contribution >= 4 is 16.2 Å². The fraction of sp³-hybridized carbons (Fsp3) is 0.300. The predicted octanol–water partition coefficient (Wildman–Crippen LogP) is 1.42. The van der Waals surface area contributed by atoms with Crippen molar-refractivity contribution in [3.63, 3.8) is 0 Å². The van der Waals surface area contributed by atoms with Crippen molar-refractivity contribution in [3.05, 3.63) is 28.8 Å². The highest BCUT2D eigenvalue weighted by molar-refractivity contribution is 7.87. The zero-order valence-corrected chi connectivity index (χ0v) is 10.5. The van der Waals surface area contributed by atoms with Crippen LogP contribution >= 0.6 is 0 Å². The molecule has 0 unspecified atom stereocenters. The van der Waals surface area contributed by atoms with Crippen LogP contribution < -0.4 is 5.48 Å². The van der Waals surface area contributed by atoms with Crippen molar-refractivity contribution in [3.8, 4) is 0 Å². The predicted molar refractivity (Wildman–Crippen MR) is 59.2 cm³/mol. The lowest BCUT2D eigenvalue weighted by atomic mass is 10.1. The first-order valence-corrected chi connectivity index (χ1v) is 6.15. The minimum absolute atomic E-state index is 0.0632. The standard InChI is InChI=1S/C10H13NO5S/c1-6-4-7(2)9(8(3)5-6)17(14,15)16-10(12)11-13/h4-5,13H,1-3H3,(H,11,12). The molecular weight excluding hydrogens is 246 g/mol. The monoisotopic (exact) mass is 259 g/mol. The number of aryl methyl sites for hydroxylation is 3. The second-order valence-electron chi connectivity index (χ2n) is 3.66. The Balaban J connectivity index is 3.29. The molecular formula is C10H13NO5S. The Kier molecular flexibility index (Phi) is 3.74.